The zero-order valence-corrected chi connectivity index (χ0v) is 13.3. The highest BCUT2D eigenvalue weighted by molar-refractivity contribution is 7.80. The normalized spacial score (nSPS) is 9.91. The van der Waals surface area contributed by atoms with E-state index in [1.54, 1.807) is 0 Å². The van der Waals surface area contributed by atoms with Crippen molar-refractivity contribution in [3.05, 3.63) is 84.9 Å². The second-order valence-electron chi connectivity index (χ2n) is 5.01. The first-order valence-electron chi connectivity index (χ1n) is 7.35. The quantitative estimate of drug-likeness (QED) is 0.575. The molecule has 0 spiro atoms. The third kappa shape index (κ3) is 4.56. The fourth-order valence-electron chi connectivity index (χ4n) is 2.14. The van der Waals surface area contributed by atoms with Crippen molar-refractivity contribution in [1.29, 1.82) is 0 Å². The Kier molecular flexibility index (Phi) is 4.86. The van der Waals surface area contributed by atoms with Crippen molar-refractivity contribution in [2.75, 3.05) is 16.0 Å². The lowest BCUT2D eigenvalue weighted by Crippen LogP contribution is -2.18. The molecule has 23 heavy (non-hydrogen) atoms. The largest absolute Gasteiger partial charge is 0.356 e. The molecule has 0 saturated carbocycles. The Labute approximate surface area is 141 Å². The topological polar surface area (TPSA) is 36.1 Å². The summed E-state index contributed by atoms with van der Waals surface area (Å²) in [5.74, 6) is 0. The minimum atomic E-state index is 0.569. The fourth-order valence-corrected chi connectivity index (χ4v) is 2.38. The molecule has 0 saturated heterocycles. The molecule has 0 unspecified atom stereocenters. The Bertz CT molecular complexity index is 756. The molecule has 0 atom stereocenters. The highest BCUT2D eigenvalue weighted by atomic mass is 32.1. The SMILES string of the molecule is S=C(Nc1ccccc1)Nc1ccc(Nc2ccccc2)cc1. The van der Waals surface area contributed by atoms with Gasteiger partial charge in [-0.25, -0.2) is 0 Å². The minimum absolute atomic E-state index is 0.569. The Balaban J connectivity index is 1.58. The van der Waals surface area contributed by atoms with E-state index < -0.39 is 0 Å². The molecule has 0 aliphatic carbocycles. The Morgan fingerprint density at radius 1 is 0.522 bits per heavy atom. The smallest absolute Gasteiger partial charge is 0.175 e. The lowest BCUT2D eigenvalue weighted by molar-refractivity contribution is 1.54. The molecule has 3 rings (SSSR count). The van der Waals surface area contributed by atoms with E-state index in [1.165, 1.54) is 0 Å². The van der Waals surface area contributed by atoms with Crippen LogP contribution >= 0.6 is 12.2 Å². The zero-order valence-electron chi connectivity index (χ0n) is 12.5. The van der Waals surface area contributed by atoms with Gasteiger partial charge in [-0.3, -0.25) is 0 Å². The van der Waals surface area contributed by atoms with Gasteiger partial charge in [-0.05, 0) is 60.7 Å². The number of rotatable bonds is 4. The molecular weight excluding hydrogens is 302 g/mol. The first kappa shape index (κ1) is 15.1. The van der Waals surface area contributed by atoms with Crippen LogP contribution in [-0.4, -0.2) is 5.11 Å². The summed E-state index contributed by atoms with van der Waals surface area (Å²) in [4.78, 5) is 0. The van der Waals surface area contributed by atoms with Gasteiger partial charge in [0.15, 0.2) is 5.11 Å². The molecule has 0 aliphatic rings. The summed E-state index contributed by atoms with van der Waals surface area (Å²) in [6.45, 7) is 0. The van der Waals surface area contributed by atoms with Crippen LogP contribution in [0.5, 0.6) is 0 Å². The van der Waals surface area contributed by atoms with E-state index in [-0.39, 0.29) is 0 Å². The number of anilines is 4. The standard InChI is InChI=1S/C19H17N3S/c23-19(21-16-9-5-2-6-10-16)22-18-13-11-17(12-14-18)20-15-7-3-1-4-8-15/h1-14,20H,(H2,21,22,23). The minimum Gasteiger partial charge on any atom is -0.356 e. The van der Waals surface area contributed by atoms with Gasteiger partial charge in [0.25, 0.3) is 0 Å². The van der Waals surface area contributed by atoms with E-state index >= 15 is 0 Å². The van der Waals surface area contributed by atoms with Crippen LogP contribution in [0.1, 0.15) is 0 Å². The predicted octanol–water partition coefficient (Wildman–Crippen LogP) is 5.24. The third-order valence-electron chi connectivity index (χ3n) is 3.24. The average Bonchev–Trinajstić information content (AvgIpc) is 2.58. The van der Waals surface area contributed by atoms with Crippen LogP contribution in [0.25, 0.3) is 0 Å². The fraction of sp³-hybridized carbons (Fsp3) is 0. The summed E-state index contributed by atoms with van der Waals surface area (Å²) in [6, 6.07) is 27.9. The summed E-state index contributed by atoms with van der Waals surface area (Å²) in [7, 11) is 0. The molecular formula is C19H17N3S. The Morgan fingerprint density at radius 2 is 0.913 bits per heavy atom. The van der Waals surface area contributed by atoms with Gasteiger partial charge in [0, 0.05) is 22.7 Å². The summed E-state index contributed by atoms with van der Waals surface area (Å²) in [5.41, 5.74) is 4.00. The lowest BCUT2D eigenvalue weighted by Gasteiger charge is -2.11. The van der Waals surface area contributed by atoms with Crippen molar-refractivity contribution >= 4 is 40.1 Å². The first-order chi connectivity index (χ1) is 11.3. The molecule has 3 aromatic rings. The maximum Gasteiger partial charge on any atom is 0.175 e. The van der Waals surface area contributed by atoms with Gasteiger partial charge >= 0.3 is 0 Å². The number of para-hydroxylation sites is 2. The predicted molar refractivity (Wildman–Crippen MR) is 102 cm³/mol. The summed E-state index contributed by atoms with van der Waals surface area (Å²) in [5, 5.41) is 10.2. The van der Waals surface area contributed by atoms with Crippen molar-refractivity contribution in [1.82, 2.24) is 0 Å². The number of hydrogen-bond donors (Lipinski definition) is 3. The third-order valence-corrected chi connectivity index (χ3v) is 3.44. The molecule has 3 N–H and O–H groups in total. The van der Waals surface area contributed by atoms with Gasteiger partial charge in [-0.1, -0.05) is 36.4 Å². The van der Waals surface area contributed by atoms with Gasteiger partial charge in [0.1, 0.15) is 0 Å². The molecule has 0 aliphatic heterocycles. The van der Waals surface area contributed by atoms with Crippen LogP contribution in [0, 0.1) is 0 Å². The van der Waals surface area contributed by atoms with Gasteiger partial charge < -0.3 is 16.0 Å². The summed E-state index contributed by atoms with van der Waals surface area (Å²) in [6.07, 6.45) is 0. The van der Waals surface area contributed by atoms with Crippen LogP contribution in [-0.2, 0) is 0 Å². The number of thiocarbonyl (C=S) groups is 1. The second-order valence-corrected chi connectivity index (χ2v) is 5.42. The summed E-state index contributed by atoms with van der Waals surface area (Å²) >= 11 is 5.32. The summed E-state index contributed by atoms with van der Waals surface area (Å²) < 4.78 is 0. The number of benzene rings is 3. The van der Waals surface area contributed by atoms with Crippen LogP contribution in [0.3, 0.4) is 0 Å². The van der Waals surface area contributed by atoms with E-state index in [1.807, 2.05) is 84.9 Å². The van der Waals surface area contributed by atoms with Gasteiger partial charge in [0.05, 0.1) is 0 Å². The monoisotopic (exact) mass is 319 g/mol. The van der Waals surface area contributed by atoms with Crippen molar-refractivity contribution in [3.8, 4) is 0 Å². The van der Waals surface area contributed by atoms with Crippen LogP contribution in [0.15, 0.2) is 84.9 Å². The van der Waals surface area contributed by atoms with Crippen molar-refractivity contribution in [3.63, 3.8) is 0 Å². The van der Waals surface area contributed by atoms with E-state index in [4.69, 9.17) is 12.2 Å². The maximum absolute atomic E-state index is 5.32. The molecule has 4 heteroatoms. The maximum atomic E-state index is 5.32. The molecule has 0 fully saturated rings. The highest BCUT2D eigenvalue weighted by Gasteiger charge is 1.99. The van der Waals surface area contributed by atoms with Crippen molar-refractivity contribution in [2.24, 2.45) is 0 Å². The molecule has 0 bridgehead atoms. The van der Waals surface area contributed by atoms with Crippen LogP contribution < -0.4 is 16.0 Å². The molecule has 3 nitrogen and oxygen atoms in total. The molecule has 3 aromatic carbocycles. The van der Waals surface area contributed by atoms with E-state index in [0.717, 1.165) is 22.7 Å². The van der Waals surface area contributed by atoms with E-state index in [2.05, 4.69) is 16.0 Å². The molecule has 0 heterocycles. The van der Waals surface area contributed by atoms with E-state index in [0.29, 0.717) is 5.11 Å². The van der Waals surface area contributed by atoms with Gasteiger partial charge in [0.2, 0.25) is 0 Å². The van der Waals surface area contributed by atoms with Crippen molar-refractivity contribution < 1.29 is 0 Å². The first-order valence-corrected chi connectivity index (χ1v) is 7.76. The molecule has 114 valence electrons. The molecule has 0 radical (unpaired) electrons. The second kappa shape index (κ2) is 7.42. The van der Waals surface area contributed by atoms with Crippen LogP contribution in [0.4, 0.5) is 22.7 Å². The lowest BCUT2D eigenvalue weighted by atomic mass is 10.2. The molecule has 0 amide bonds. The van der Waals surface area contributed by atoms with Crippen LogP contribution in [0.2, 0.25) is 0 Å². The zero-order chi connectivity index (χ0) is 15.9. The number of hydrogen-bond acceptors (Lipinski definition) is 2. The Hall–Kier alpha value is -2.85. The van der Waals surface area contributed by atoms with Gasteiger partial charge in [-0.2, -0.15) is 0 Å². The number of nitrogens with one attached hydrogen (secondary N) is 3. The van der Waals surface area contributed by atoms with Gasteiger partial charge in [-0.15, -0.1) is 0 Å². The molecule has 0 aromatic heterocycles. The van der Waals surface area contributed by atoms with Crippen molar-refractivity contribution in [2.45, 2.75) is 0 Å². The highest BCUT2D eigenvalue weighted by Crippen LogP contribution is 2.18. The Morgan fingerprint density at radius 3 is 1.48 bits per heavy atom. The average molecular weight is 319 g/mol. The van der Waals surface area contributed by atoms with E-state index in [9.17, 15) is 0 Å².